The van der Waals surface area contributed by atoms with Gasteiger partial charge in [0.15, 0.2) is 0 Å². The first-order valence-corrected chi connectivity index (χ1v) is 6.10. The zero-order chi connectivity index (χ0) is 13.0. The lowest BCUT2D eigenvalue weighted by Crippen LogP contribution is -2.43. The Morgan fingerprint density at radius 2 is 2.00 bits per heavy atom. The fourth-order valence-electron chi connectivity index (χ4n) is 2.16. The van der Waals surface area contributed by atoms with E-state index in [2.05, 4.69) is 10.2 Å². The minimum atomic E-state index is -0.543. The van der Waals surface area contributed by atoms with Crippen LogP contribution in [0, 0.1) is 11.6 Å². The number of nitrogens with zero attached hydrogens (tertiary/aromatic N) is 1. The zero-order valence-corrected chi connectivity index (χ0v) is 10.5. The molecule has 1 aromatic carbocycles. The van der Waals surface area contributed by atoms with E-state index in [0.29, 0.717) is 12.1 Å². The van der Waals surface area contributed by atoms with Crippen molar-refractivity contribution < 1.29 is 13.5 Å². The highest BCUT2D eigenvalue weighted by molar-refractivity contribution is 5.27. The summed E-state index contributed by atoms with van der Waals surface area (Å²) in [4.78, 5) is 2.16. The van der Waals surface area contributed by atoms with Crippen molar-refractivity contribution in [3.8, 4) is 0 Å². The largest absolute Gasteiger partial charge is 0.380 e. The van der Waals surface area contributed by atoms with E-state index in [4.69, 9.17) is 4.74 Å². The highest BCUT2D eigenvalue weighted by Crippen LogP contribution is 2.19. The Kier molecular flexibility index (Phi) is 4.63. The average Bonchev–Trinajstić information content (AvgIpc) is 2.39. The van der Waals surface area contributed by atoms with E-state index in [-0.39, 0.29) is 12.2 Å². The van der Waals surface area contributed by atoms with Crippen molar-refractivity contribution in [2.24, 2.45) is 0 Å². The van der Waals surface area contributed by atoms with Crippen LogP contribution in [0.3, 0.4) is 0 Å². The number of hydrogen-bond donors (Lipinski definition) is 1. The molecule has 0 aromatic heterocycles. The first-order chi connectivity index (χ1) is 8.72. The summed E-state index contributed by atoms with van der Waals surface area (Å²) in [6, 6.07) is 2.83. The van der Waals surface area contributed by atoms with Crippen molar-refractivity contribution in [3.05, 3.63) is 34.9 Å². The molecule has 1 aliphatic heterocycles. The number of piperazine rings is 1. The SMILES string of the molecule is COCc1c(F)ccc(CN2CCNCC2)c1F. The molecule has 0 radical (unpaired) electrons. The molecule has 3 nitrogen and oxygen atoms in total. The molecule has 1 fully saturated rings. The molecular formula is C13H18F2N2O. The van der Waals surface area contributed by atoms with Crippen LogP contribution in [-0.2, 0) is 17.9 Å². The number of rotatable bonds is 4. The first-order valence-electron chi connectivity index (χ1n) is 6.10. The third-order valence-corrected chi connectivity index (χ3v) is 3.16. The van der Waals surface area contributed by atoms with Crippen LogP contribution in [-0.4, -0.2) is 38.2 Å². The van der Waals surface area contributed by atoms with Crippen molar-refractivity contribution in [1.82, 2.24) is 10.2 Å². The molecule has 1 N–H and O–H groups in total. The summed E-state index contributed by atoms with van der Waals surface area (Å²) in [5.41, 5.74) is 0.551. The maximum absolute atomic E-state index is 14.1. The van der Waals surface area contributed by atoms with E-state index in [9.17, 15) is 8.78 Å². The van der Waals surface area contributed by atoms with Crippen LogP contribution in [0.2, 0.25) is 0 Å². The molecular weight excluding hydrogens is 238 g/mol. The van der Waals surface area contributed by atoms with Gasteiger partial charge in [-0.05, 0) is 6.07 Å². The zero-order valence-electron chi connectivity index (χ0n) is 10.5. The predicted octanol–water partition coefficient (Wildman–Crippen LogP) is 1.52. The summed E-state index contributed by atoms with van der Waals surface area (Å²) in [6.07, 6.45) is 0. The van der Waals surface area contributed by atoms with Gasteiger partial charge < -0.3 is 10.1 Å². The van der Waals surface area contributed by atoms with Crippen LogP contribution < -0.4 is 5.32 Å². The lowest BCUT2D eigenvalue weighted by molar-refractivity contribution is 0.176. The molecule has 5 heteroatoms. The smallest absolute Gasteiger partial charge is 0.136 e. The average molecular weight is 256 g/mol. The van der Waals surface area contributed by atoms with E-state index in [1.807, 2.05) is 0 Å². The Morgan fingerprint density at radius 3 is 2.67 bits per heavy atom. The molecule has 1 aliphatic rings. The number of halogens is 2. The molecule has 0 aliphatic carbocycles. The number of ether oxygens (including phenoxy) is 1. The third-order valence-electron chi connectivity index (χ3n) is 3.16. The molecule has 1 heterocycles. The van der Waals surface area contributed by atoms with Gasteiger partial charge in [-0.2, -0.15) is 0 Å². The summed E-state index contributed by atoms with van der Waals surface area (Å²) in [6.45, 7) is 4.08. The second-order valence-electron chi connectivity index (χ2n) is 4.46. The Morgan fingerprint density at radius 1 is 1.28 bits per heavy atom. The summed E-state index contributed by atoms with van der Waals surface area (Å²) < 4.78 is 32.4. The minimum Gasteiger partial charge on any atom is -0.380 e. The molecule has 0 unspecified atom stereocenters. The quantitative estimate of drug-likeness (QED) is 0.884. The highest BCUT2D eigenvalue weighted by Gasteiger charge is 2.17. The van der Waals surface area contributed by atoms with Gasteiger partial charge in [0.05, 0.1) is 6.61 Å². The van der Waals surface area contributed by atoms with Crippen molar-refractivity contribution >= 4 is 0 Å². The van der Waals surface area contributed by atoms with Gasteiger partial charge in [0.1, 0.15) is 11.6 Å². The molecule has 0 amide bonds. The van der Waals surface area contributed by atoms with Gasteiger partial charge in [0.25, 0.3) is 0 Å². The van der Waals surface area contributed by atoms with Crippen LogP contribution in [0.5, 0.6) is 0 Å². The van der Waals surface area contributed by atoms with Crippen LogP contribution in [0.1, 0.15) is 11.1 Å². The van der Waals surface area contributed by atoms with Gasteiger partial charge >= 0.3 is 0 Å². The van der Waals surface area contributed by atoms with Gasteiger partial charge in [-0.1, -0.05) is 6.07 Å². The van der Waals surface area contributed by atoms with Gasteiger partial charge in [-0.3, -0.25) is 4.90 Å². The van der Waals surface area contributed by atoms with Crippen molar-refractivity contribution in [3.63, 3.8) is 0 Å². The fraction of sp³-hybridized carbons (Fsp3) is 0.538. The van der Waals surface area contributed by atoms with Crippen LogP contribution >= 0.6 is 0 Å². The molecule has 18 heavy (non-hydrogen) atoms. The second kappa shape index (κ2) is 6.22. The maximum Gasteiger partial charge on any atom is 0.136 e. The molecule has 2 rings (SSSR count). The maximum atomic E-state index is 14.1. The van der Waals surface area contributed by atoms with Crippen molar-refractivity contribution in [2.45, 2.75) is 13.2 Å². The molecule has 1 saturated heterocycles. The normalized spacial score (nSPS) is 17.1. The fourth-order valence-corrected chi connectivity index (χ4v) is 2.16. The first kappa shape index (κ1) is 13.4. The van der Waals surface area contributed by atoms with Crippen LogP contribution in [0.4, 0.5) is 8.78 Å². The van der Waals surface area contributed by atoms with Crippen LogP contribution in [0.25, 0.3) is 0 Å². The number of hydrogen-bond acceptors (Lipinski definition) is 3. The number of methoxy groups -OCH3 is 1. The Hall–Kier alpha value is -1.04. The monoisotopic (exact) mass is 256 g/mol. The highest BCUT2D eigenvalue weighted by atomic mass is 19.1. The number of benzene rings is 1. The Bertz CT molecular complexity index is 406. The molecule has 0 atom stereocenters. The molecule has 0 saturated carbocycles. The predicted molar refractivity (Wildman–Crippen MR) is 65.2 cm³/mol. The van der Waals surface area contributed by atoms with Gasteiger partial charge in [-0.15, -0.1) is 0 Å². The molecule has 1 aromatic rings. The van der Waals surface area contributed by atoms with E-state index in [1.165, 1.54) is 19.2 Å². The van der Waals surface area contributed by atoms with E-state index in [0.717, 1.165) is 26.2 Å². The molecule has 0 bridgehead atoms. The topological polar surface area (TPSA) is 24.5 Å². The Labute approximate surface area is 106 Å². The van der Waals surface area contributed by atoms with Gasteiger partial charge in [0.2, 0.25) is 0 Å². The van der Waals surface area contributed by atoms with Crippen molar-refractivity contribution in [2.75, 3.05) is 33.3 Å². The van der Waals surface area contributed by atoms with E-state index >= 15 is 0 Å². The van der Waals surface area contributed by atoms with Gasteiger partial charge in [0, 0.05) is 51.0 Å². The number of nitrogens with one attached hydrogen (secondary N) is 1. The lowest BCUT2D eigenvalue weighted by atomic mass is 10.1. The summed E-state index contributed by atoms with van der Waals surface area (Å²) in [5, 5.41) is 3.24. The van der Waals surface area contributed by atoms with E-state index in [1.54, 1.807) is 0 Å². The second-order valence-corrected chi connectivity index (χ2v) is 4.46. The standard InChI is InChI=1S/C13H18F2N2O/c1-18-9-11-12(14)3-2-10(13(11)15)8-17-6-4-16-5-7-17/h2-3,16H,4-9H2,1H3. The summed E-state index contributed by atoms with van der Waals surface area (Å²) in [7, 11) is 1.43. The minimum absolute atomic E-state index is 0.0186. The molecule has 100 valence electrons. The lowest BCUT2D eigenvalue weighted by Gasteiger charge is -2.27. The van der Waals surface area contributed by atoms with Crippen molar-refractivity contribution in [1.29, 1.82) is 0 Å². The summed E-state index contributed by atoms with van der Waals surface area (Å²) >= 11 is 0. The van der Waals surface area contributed by atoms with Crippen LogP contribution in [0.15, 0.2) is 12.1 Å². The Balaban J connectivity index is 2.14. The van der Waals surface area contributed by atoms with E-state index < -0.39 is 11.6 Å². The van der Waals surface area contributed by atoms with Gasteiger partial charge in [-0.25, -0.2) is 8.78 Å². The third kappa shape index (κ3) is 3.04. The molecule has 0 spiro atoms. The summed E-state index contributed by atoms with van der Waals surface area (Å²) in [5.74, 6) is -1.02.